The van der Waals surface area contributed by atoms with E-state index in [2.05, 4.69) is 10.3 Å². The number of hydrogen-bond acceptors (Lipinski definition) is 3. The number of nitrogens with zero attached hydrogens (tertiary/aromatic N) is 1. The van der Waals surface area contributed by atoms with E-state index in [-0.39, 0.29) is 24.2 Å². The van der Waals surface area contributed by atoms with E-state index in [1.54, 1.807) is 25.4 Å². The SMILES string of the molecule is COc1cccc2[nH]cc(CC(=O)Nc3ccc(N(C)C(C)C)c(F)c3)c12. The zero-order valence-electron chi connectivity index (χ0n) is 16.0. The van der Waals surface area contributed by atoms with E-state index in [0.29, 0.717) is 17.1 Å². The number of hydrogen-bond donors (Lipinski definition) is 2. The van der Waals surface area contributed by atoms with Crippen LogP contribution in [0.15, 0.2) is 42.6 Å². The van der Waals surface area contributed by atoms with Crippen molar-refractivity contribution in [1.82, 2.24) is 4.98 Å². The molecule has 0 unspecified atom stereocenters. The maximum Gasteiger partial charge on any atom is 0.228 e. The number of benzene rings is 2. The average Bonchev–Trinajstić information content (AvgIpc) is 3.04. The number of ether oxygens (including phenoxy) is 1. The number of H-pyrrole nitrogens is 1. The number of carbonyl (C=O) groups excluding carboxylic acids is 1. The minimum Gasteiger partial charge on any atom is -0.496 e. The zero-order valence-corrected chi connectivity index (χ0v) is 16.0. The van der Waals surface area contributed by atoms with E-state index in [9.17, 15) is 9.18 Å². The fourth-order valence-electron chi connectivity index (χ4n) is 3.06. The van der Waals surface area contributed by atoms with Gasteiger partial charge in [-0.15, -0.1) is 0 Å². The van der Waals surface area contributed by atoms with Crippen molar-refractivity contribution in [3.8, 4) is 5.75 Å². The van der Waals surface area contributed by atoms with Gasteiger partial charge in [0.05, 0.1) is 19.2 Å². The number of fused-ring (bicyclic) bond motifs is 1. The number of halogens is 1. The van der Waals surface area contributed by atoms with Gasteiger partial charge in [-0.25, -0.2) is 4.39 Å². The first-order valence-corrected chi connectivity index (χ1v) is 8.86. The first kappa shape index (κ1) is 18.8. The van der Waals surface area contributed by atoms with Crippen LogP contribution in [-0.2, 0) is 11.2 Å². The highest BCUT2D eigenvalue weighted by Gasteiger charge is 2.15. The predicted octanol–water partition coefficient (Wildman–Crippen LogP) is 4.34. The van der Waals surface area contributed by atoms with Gasteiger partial charge in [0.25, 0.3) is 0 Å². The summed E-state index contributed by atoms with van der Waals surface area (Å²) < 4.78 is 19.8. The van der Waals surface area contributed by atoms with Crippen molar-refractivity contribution in [2.45, 2.75) is 26.3 Å². The van der Waals surface area contributed by atoms with Crippen LogP contribution in [0, 0.1) is 5.82 Å². The molecule has 6 heteroatoms. The quantitative estimate of drug-likeness (QED) is 0.679. The van der Waals surface area contributed by atoms with Crippen LogP contribution in [0.5, 0.6) is 5.75 Å². The highest BCUT2D eigenvalue weighted by atomic mass is 19.1. The molecule has 27 heavy (non-hydrogen) atoms. The van der Waals surface area contributed by atoms with Crippen molar-refractivity contribution in [3.05, 3.63) is 54.0 Å². The Morgan fingerprint density at radius 3 is 2.74 bits per heavy atom. The van der Waals surface area contributed by atoms with E-state index >= 15 is 0 Å². The molecule has 2 aromatic carbocycles. The van der Waals surface area contributed by atoms with Gasteiger partial charge in [0.1, 0.15) is 11.6 Å². The van der Waals surface area contributed by atoms with Gasteiger partial charge < -0.3 is 19.9 Å². The summed E-state index contributed by atoms with van der Waals surface area (Å²) in [6.45, 7) is 3.98. The van der Waals surface area contributed by atoms with Gasteiger partial charge >= 0.3 is 0 Å². The summed E-state index contributed by atoms with van der Waals surface area (Å²) in [7, 11) is 3.44. The number of aromatic nitrogens is 1. The molecule has 0 radical (unpaired) electrons. The van der Waals surface area contributed by atoms with Crippen molar-refractivity contribution in [1.29, 1.82) is 0 Å². The Morgan fingerprint density at radius 2 is 2.07 bits per heavy atom. The molecule has 5 nitrogen and oxygen atoms in total. The van der Waals surface area contributed by atoms with E-state index < -0.39 is 0 Å². The molecular formula is C21H24FN3O2. The van der Waals surface area contributed by atoms with Crippen molar-refractivity contribution in [3.63, 3.8) is 0 Å². The van der Waals surface area contributed by atoms with Gasteiger partial charge in [-0.05, 0) is 49.7 Å². The van der Waals surface area contributed by atoms with Crippen molar-refractivity contribution < 1.29 is 13.9 Å². The van der Waals surface area contributed by atoms with Gasteiger partial charge in [-0.1, -0.05) is 6.07 Å². The topological polar surface area (TPSA) is 57.4 Å². The molecule has 3 rings (SSSR count). The number of aromatic amines is 1. The molecule has 0 fully saturated rings. The van der Waals surface area contributed by atoms with E-state index in [0.717, 1.165) is 16.5 Å². The number of anilines is 2. The van der Waals surface area contributed by atoms with Crippen LogP contribution in [0.4, 0.5) is 15.8 Å². The van der Waals surface area contributed by atoms with E-state index in [1.165, 1.54) is 6.07 Å². The summed E-state index contributed by atoms with van der Waals surface area (Å²) in [4.78, 5) is 17.5. The van der Waals surface area contributed by atoms with Gasteiger partial charge in [0, 0.05) is 35.9 Å². The molecule has 0 saturated carbocycles. The Balaban J connectivity index is 1.76. The molecule has 1 heterocycles. The standard InChI is InChI=1S/C21H24FN3O2/c1-13(2)25(3)18-9-8-15(11-16(18)22)24-20(26)10-14-12-23-17-6-5-7-19(27-4)21(14)17/h5-9,11-13,23H,10H2,1-4H3,(H,24,26). The number of amides is 1. The zero-order chi connectivity index (χ0) is 19.6. The summed E-state index contributed by atoms with van der Waals surface area (Å²) in [5.74, 6) is 0.132. The Morgan fingerprint density at radius 1 is 1.30 bits per heavy atom. The minimum absolute atomic E-state index is 0.162. The predicted molar refractivity (Wildman–Crippen MR) is 107 cm³/mol. The molecule has 0 atom stereocenters. The third-order valence-corrected chi connectivity index (χ3v) is 4.71. The lowest BCUT2D eigenvalue weighted by molar-refractivity contribution is -0.115. The van der Waals surface area contributed by atoms with Crippen LogP contribution in [0.25, 0.3) is 10.9 Å². The van der Waals surface area contributed by atoms with Gasteiger partial charge in [0.15, 0.2) is 0 Å². The molecular weight excluding hydrogens is 345 g/mol. The highest BCUT2D eigenvalue weighted by molar-refractivity contribution is 5.97. The first-order valence-electron chi connectivity index (χ1n) is 8.86. The molecule has 1 amide bonds. The van der Waals surface area contributed by atoms with Crippen LogP contribution < -0.4 is 15.0 Å². The Bertz CT molecular complexity index is 965. The number of methoxy groups -OCH3 is 1. The first-order chi connectivity index (χ1) is 12.9. The molecule has 0 aliphatic carbocycles. The van der Waals surface area contributed by atoms with Crippen molar-refractivity contribution >= 4 is 28.2 Å². The van der Waals surface area contributed by atoms with E-state index in [4.69, 9.17) is 4.74 Å². The summed E-state index contributed by atoms with van der Waals surface area (Å²) >= 11 is 0. The third kappa shape index (κ3) is 3.89. The molecule has 0 aliphatic heterocycles. The third-order valence-electron chi connectivity index (χ3n) is 4.71. The smallest absolute Gasteiger partial charge is 0.228 e. The second-order valence-corrected chi connectivity index (χ2v) is 6.79. The lowest BCUT2D eigenvalue weighted by atomic mass is 10.1. The monoisotopic (exact) mass is 369 g/mol. The Hall–Kier alpha value is -3.02. The van der Waals surface area contributed by atoms with Gasteiger partial charge in [0.2, 0.25) is 5.91 Å². The number of nitrogens with one attached hydrogen (secondary N) is 2. The van der Waals surface area contributed by atoms with Crippen LogP contribution in [-0.4, -0.2) is 31.1 Å². The largest absolute Gasteiger partial charge is 0.496 e. The summed E-state index contributed by atoms with van der Waals surface area (Å²) in [6.07, 6.45) is 1.96. The molecule has 0 aliphatic rings. The molecule has 2 N–H and O–H groups in total. The van der Waals surface area contributed by atoms with Crippen LogP contribution in [0.2, 0.25) is 0 Å². The molecule has 0 saturated heterocycles. The summed E-state index contributed by atoms with van der Waals surface area (Å²) in [5.41, 5.74) is 2.68. The van der Waals surface area contributed by atoms with Crippen molar-refractivity contribution in [2.24, 2.45) is 0 Å². The summed E-state index contributed by atoms with van der Waals surface area (Å²) in [5, 5.41) is 3.65. The molecule has 142 valence electrons. The highest BCUT2D eigenvalue weighted by Crippen LogP contribution is 2.29. The molecule has 3 aromatic rings. The lowest BCUT2D eigenvalue weighted by Gasteiger charge is -2.24. The molecule has 0 bridgehead atoms. The van der Waals surface area contributed by atoms with E-state index in [1.807, 2.05) is 44.0 Å². The Kier molecular flexibility index (Phi) is 5.35. The maximum atomic E-state index is 14.4. The fourth-order valence-corrected chi connectivity index (χ4v) is 3.06. The van der Waals surface area contributed by atoms with Crippen molar-refractivity contribution in [2.75, 3.05) is 24.4 Å². The summed E-state index contributed by atoms with van der Waals surface area (Å²) in [6, 6.07) is 10.6. The maximum absolute atomic E-state index is 14.4. The second-order valence-electron chi connectivity index (χ2n) is 6.79. The van der Waals surface area contributed by atoms with Crippen LogP contribution >= 0.6 is 0 Å². The Labute approximate surface area is 158 Å². The normalized spacial score (nSPS) is 11.0. The number of carbonyl (C=O) groups is 1. The number of rotatable bonds is 6. The second kappa shape index (κ2) is 7.70. The lowest BCUT2D eigenvalue weighted by Crippen LogP contribution is -2.26. The minimum atomic E-state index is -0.363. The fraction of sp³-hybridized carbons (Fsp3) is 0.286. The average molecular weight is 369 g/mol. The van der Waals surface area contributed by atoms with Crippen LogP contribution in [0.3, 0.4) is 0 Å². The molecule has 1 aromatic heterocycles. The van der Waals surface area contributed by atoms with Gasteiger partial charge in [-0.3, -0.25) is 4.79 Å². The molecule has 0 spiro atoms. The van der Waals surface area contributed by atoms with Gasteiger partial charge in [-0.2, -0.15) is 0 Å². The van der Waals surface area contributed by atoms with Crippen LogP contribution in [0.1, 0.15) is 19.4 Å².